The van der Waals surface area contributed by atoms with Crippen LogP contribution in [0.5, 0.6) is 0 Å². The van der Waals surface area contributed by atoms with Crippen molar-refractivity contribution < 1.29 is 0 Å². The van der Waals surface area contributed by atoms with Crippen molar-refractivity contribution in [2.45, 2.75) is 56.6 Å². The van der Waals surface area contributed by atoms with Gasteiger partial charge in [-0.3, -0.25) is 0 Å². The van der Waals surface area contributed by atoms with Crippen molar-refractivity contribution in [2.24, 2.45) is 0 Å². The molecule has 1 heterocycles. The van der Waals surface area contributed by atoms with Crippen LogP contribution in [-0.2, 0) is 6.42 Å². The van der Waals surface area contributed by atoms with E-state index in [1.165, 1.54) is 41.9 Å². The standard InChI is InChI=1S/C18H29NS2/c1-4-7-15-8-6-9-16(13-15)17(19-10-5-2)18-14(3)20-11-12-21-18/h6,8-9,13-14,17-19H,4-5,7,10-12H2,1-3H3. The lowest BCUT2D eigenvalue weighted by Gasteiger charge is -2.35. The van der Waals surface area contributed by atoms with Crippen molar-refractivity contribution in [1.29, 1.82) is 0 Å². The molecule has 3 unspecified atom stereocenters. The summed E-state index contributed by atoms with van der Waals surface area (Å²) in [5, 5.41) is 5.24. The first-order valence-corrected chi connectivity index (χ1v) is 10.4. The minimum atomic E-state index is 0.495. The smallest absolute Gasteiger partial charge is 0.0451 e. The van der Waals surface area contributed by atoms with Crippen molar-refractivity contribution in [3.05, 3.63) is 35.4 Å². The fourth-order valence-electron chi connectivity index (χ4n) is 2.97. The van der Waals surface area contributed by atoms with E-state index in [1.807, 2.05) is 0 Å². The molecule has 118 valence electrons. The van der Waals surface area contributed by atoms with Gasteiger partial charge in [-0.1, -0.05) is 51.5 Å². The Morgan fingerprint density at radius 2 is 2.00 bits per heavy atom. The molecule has 1 saturated heterocycles. The SMILES string of the molecule is CCCNC(c1cccc(CCC)c1)C1SCCSC1C. The molecule has 0 spiro atoms. The highest BCUT2D eigenvalue weighted by Gasteiger charge is 2.31. The Morgan fingerprint density at radius 1 is 1.19 bits per heavy atom. The van der Waals surface area contributed by atoms with Crippen LogP contribution >= 0.6 is 23.5 Å². The highest BCUT2D eigenvalue weighted by atomic mass is 32.2. The number of aryl methyl sites for hydroxylation is 1. The molecular formula is C18H29NS2. The first-order valence-electron chi connectivity index (χ1n) is 8.31. The lowest BCUT2D eigenvalue weighted by Crippen LogP contribution is -2.38. The van der Waals surface area contributed by atoms with E-state index in [1.54, 1.807) is 0 Å². The van der Waals surface area contributed by atoms with E-state index in [4.69, 9.17) is 0 Å². The van der Waals surface area contributed by atoms with Crippen molar-refractivity contribution in [3.8, 4) is 0 Å². The summed E-state index contributed by atoms with van der Waals surface area (Å²) in [5.41, 5.74) is 2.97. The van der Waals surface area contributed by atoms with Crippen LogP contribution in [0.4, 0.5) is 0 Å². The third-order valence-electron chi connectivity index (χ3n) is 4.03. The molecule has 1 fully saturated rings. The van der Waals surface area contributed by atoms with Gasteiger partial charge in [0.25, 0.3) is 0 Å². The van der Waals surface area contributed by atoms with Crippen molar-refractivity contribution >= 4 is 23.5 Å². The molecule has 3 atom stereocenters. The number of thioether (sulfide) groups is 2. The highest BCUT2D eigenvalue weighted by molar-refractivity contribution is 8.07. The summed E-state index contributed by atoms with van der Waals surface area (Å²) in [5.74, 6) is 2.59. The van der Waals surface area contributed by atoms with Gasteiger partial charge in [-0.05, 0) is 30.5 Å². The van der Waals surface area contributed by atoms with Gasteiger partial charge >= 0.3 is 0 Å². The molecule has 1 aliphatic heterocycles. The van der Waals surface area contributed by atoms with Gasteiger partial charge in [-0.15, -0.1) is 0 Å². The van der Waals surface area contributed by atoms with Crippen molar-refractivity contribution in [3.63, 3.8) is 0 Å². The lowest BCUT2D eigenvalue weighted by atomic mass is 9.98. The zero-order valence-electron chi connectivity index (χ0n) is 13.6. The van der Waals surface area contributed by atoms with Gasteiger partial charge in [0.1, 0.15) is 0 Å². The lowest BCUT2D eigenvalue weighted by molar-refractivity contribution is 0.508. The molecule has 21 heavy (non-hydrogen) atoms. The van der Waals surface area contributed by atoms with E-state index in [0.717, 1.165) is 11.8 Å². The van der Waals surface area contributed by atoms with E-state index in [2.05, 4.69) is 73.9 Å². The molecule has 0 aliphatic carbocycles. The summed E-state index contributed by atoms with van der Waals surface area (Å²) in [4.78, 5) is 0. The molecule has 1 aliphatic rings. The van der Waals surface area contributed by atoms with Gasteiger partial charge in [-0.25, -0.2) is 0 Å². The Bertz CT molecular complexity index is 421. The first kappa shape index (κ1) is 17.2. The Kier molecular flexibility index (Phi) is 7.48. The molecule has 1 aromatic carbocycles. The Morgan fingerprint density at radius 3 is 2.71 bits per heavy atom. The van der Waals surface area contributed by atoms with Crippen LogP contribution in [-0.4, -0.2) is 28.6 Å². The molecule has 1 nitrogen and oxygen atoms in total. The highest BCUT2D eigenvalue weighted by Crippen LogP contribution is 2.38. The average Bonchev–Trinajstić information content (AvgIpc) is 2.50. The summed E-state index contributed by atoms with van der Waals surface area (Å²) in [7, 11) is 0. The van der Waals surface area contributed by atoms with Gasteiger partial charge in [0.15, 0.2) is 0 Å². The molecule has 1 N–H and O–H groups in total. The Labute approximate surface area is 139 Å². The van der Waals surface area contributed by atoms with Crippen LogP contribution in [0.3, 0.4) is 0 Å². The fourth-order valence-corrected chi connectivity index (χ4v) is 5.92. The predicted octanol–water partition coefficient (Wildman–Crippen LogP) is 4.92. The largest absolute Gasteiger partial charge is 0.309 e. The zero-order valence-corrected chi connectivity index (χ0v) is 15.2. The molecule has 0 aromatic heterocycles. The second kappa shape index (κ2) is 9.12. The minimum Gasteiger partial charge on any atom is -0.309 e. The van der Waals surface area contributed by atoms with Crippen molar-refractivity contribution in [2.75, 3.05) is 18.1 Å². The van der Waals surface area contributed by atoms with Gasteiger partial charge in [0, 0.05) is 28.0 Å². The van der Waals surface area contributed by atoms with Crippen LogP contribution < -0.4 is 5.32 Å². The fraction of sp³-hybridized carbons (Fsp3) is 0.667. The van der Waals surface area contributed by atoms with Gasteiger partial charge in [0.05, 0.1) is 0 Å². The van der Waals surface area contributed by atoms with E-state index in [0.29, 0.717) is 11.3 Å². The number of benzene rings is 1. The molecule has 0 saturated carbocycles. The molecular weight excluding hydrogens is 294 g/mol. The normalized spacial score (nSPS) is 24.0. The molecule has 0 amide bonds. The van der Waals surface area contributed by atoms with E-state index in [9.17, 15) is 0 Å². The number of nitrogens with one attached hydrogen (secondary N) is 1. The second-order valence-electron chi connectivity index (χ2n) is 5.84. The summed E-state index contributed by atoms with van der Waals surface area (Å²) >= 11 is 4.30. The summed E-state index contributed by atoms with van der Waals surface area (Å²) < 4.78 is 0. The molecule has 2 rings (SSSR count). The van der Waals surface area contributed by atoms with E-state index < -0.39 is 0 Å². The second-order valence-corrected chi connectivity index (χ2v) is 8.61. The van der Waals surface area contributed by atoms with Crippen LogP contribution in [0.25, 0.3) is 0 Å². The predicted molar refractivity (Wildman–Crippen MR) is 99.6 cm³/mol. The zero-order chi connectivity index (χ0) is 15.1. The maximum absolute atomic E-state index is 3.82. The maximum Gasteiger partial charge on any atom is 0.0451 e. The maximum atomic E-state index is 3.82. The monoisotopic (exact) mass is 323 g/mol. The number of rotatable bonds is 7. The van der Waals surface area contributed by atoms with Crippen LogP contribution in [0.1, 0.15) is 50.8 Å². The van der Waals surface area contributed by atoms with Crippen LogP contribution in [0.15, 0.2) is 24.3 Å². The van der Waals surface area contributed by atoms with E-state index in [-0.39, 0.29) is 0 Å². The summed E-state index contributed by atoms with van der Waals surface area (Å²) in [6.07, 6.45) is 3.61. The van der Waals surface area contributed by atoms with Crippen LogP contribution in [0, 0.1) is 0 Å². The van der Waals surface area contributed by atoms with Gasteiger partial charge in [0.2, 0.25) is 0 Å². The third kappa shape index (κ3) is 4.94. The minimum absolute atomic E-state index is 0.495. The average molecular weight is 324 g/mol. The number of hydrogen-bond donors (Lipinski definition) is 1. The quantitative estimate of drug-likeness (QED) is 0.765. The molecule has 3 heteroatoms. The third-order valence-corrected chi connectivity index (χ3v) is 7.22. The summed E-state index contributed by atoms with van der Waals surface area (Å²) in [6.45, 7) is 8.02. The van der Waals surface area contributed by atoms with Crippen molar-refractivity contribution in [1.82, 2.24) is 5.32 Å². The van der Waals surface area contributed by atoms with Gasteiger partial charge < -0.3 is 5.32 Å². The first-order chi connectivity index (χ1) is 10.3. The van der Waals surface area contributed by atoms with Gasteiger partial charge in [-0.2, -0.15) is 23.5 Å². The number of hydrogen-bond acceptors (Lipinski definition) is 3. The summed E-state index contributed by atoms with van der Waals surface area (Å²) in [6, 6.07) is 9.76. The van der Waals surface area contributed by atoms with Crippen LogP contribution in [0.2, 0.25) is 0 Å². The Hall–Kier alpha value is -0.120. The Balaban J connectivity index is 2.19. The van der Waals surface area contributed by atoms with E-state index >= 15 is 0 Å². The molecule has 1 aromatic rings. The molecule has 0 radical (unpaired) electrons. The molecule has 0 bridgehead atoms. The topological polar surface area (TPSA) is 12.0 Å².